The molecule has 1 fully saturated rings. The van der Waals surface area contributed by atoms with Gasteiger partial charge in [-0.3, -0.25) is 4.79 Å². The SMILES string of the molecule is CSCCCCC(=O)N1CCC(OCCCN)CC1. The van der Waals surface area contributed by atoms with Crippen molar-refractivity contribution in [1.29, 1.82) is 0 Å². The molecule has 1 rings (SSSR count). The second-order valence-corrected chi connectivity index (χ2v) is 6.03. The molecule has 0 radical (unpaired) electrons. The smallest absolute Gasteiger partial charge is 0.222 e. The summed E-state index contributed by atoms with van der Waals surface area (Å²) in [5.41, 5.74) is 5.44. The van der Waals surface area contributed by atoms with Crippen molar-refractivity contribution in [2.24, 2.45) is 5.73 Å². The first-order valence-corrected chi connectivity index (χ1v) is 8.75. The molecule has 0 spiro atoms. The highest BCUT2D eigenvalue weighted by molar-refractivity contribution is 7.98. The van der Waals surface area contributed by atoms with Gasteiger partial charge in [0.2, 0.25) is 5.91 Å². The Morgan fingerprint density at radius 2 is 2.05 bits per heavy atom. The summed E-state index contributed by atoms with van der Waals surface area (Å²) in [6, 6.07) is 0. The third-order valence-corrected chi connectivity index (χ3v) is 4.18. The molecule has 0 bridgehead atoms. The molecule has 4 nitrogen and oxygen atoms in total. The normalized spacial score (nSPS) is 16.8. The number of ether oxygens (including phenoxy) is 1. The number of nitrogens with zero attached hydrogens (tertiary/aromatic N) is 1. The van der Waals surface area contributed by atoms with E-state index in [0.717, 1.165) is 57.6 Å². The Morgan fingerprint density at radius 3 is 2.68 bits per heavy atom. The molecule has 112 valence electrons. The van der Waals surface area contributed by atoms with Crippen molar-refractivity contribution in [3.05, 3.63) is 0 Å². The summed E-state index contributed by atoms with van der Waals surface area (Å²) in [4.78, 5) is 14.0. The van der Waals surface area contributed by atoms with Crippen LogP contribution in [0.3, 0.4) is 0 Å². The zero-order valence-electron chi connectivity index (χ0n) is 12.1. The van der Waals surface area contributed by atoms with Crippen LogP contribution < -0.4 is 5.73 Å². The molecule has 0 atom stereocenters. The van der Waals surface area contributed by atoms with E-state index >= 15 is 0 Å². The molecule has 1 saturated heterocycles. The second-order valence-electron chi connectivity index (χ2n) is 5.04. The van der Waals surface area contributed by atoms with E-state index in [4.69, 9.17) is 10.5 Å². The Morgan fingerprint density at radius 1 is 1.32 bits per heavy atom. The van der Waals surface area contributed by atoms with Crippen LogP contribution in [0.1, 0.15) is 38.5 Å². The molecule has 1 amide bonds. The summed E-state index contributed by atoms with van der Waals surface area (Å²) >= 11 is 1.85. The van der Waals surface area contributed by atoms with Gasteiger partial charge in [0.05, 0.1) is 6.10 Å². The molecule has 5 heteroatoms. The lowest BCUT2D eigenvalue weighted by atomic mass is 10.1. The molecule has 0 unspecified atom stereocenters. The van der Waals surface area contributed by atoms with Crippen molar-refractivity contribution in [1.82, 2.24) is 4.90 Å². The van der Waals surface area contributed by atoms with Crippen LogP contribution >= 0.6 is 11.8 Å². The fourth-order valence-electron chi connectivity index (χ4n) is 2.29. The van der Waals surface area contributed by atoms with Gasteiger partial charge in [-0.25, -0.2) is 0 Å². The van der Waals surface area contributed by atoms with E-state index in [0.29, 0.717) is 25.0 Å². The Kier molecular flexibility index (Phi) is 9.30. The van der Waals surface area contributed by atoms with Gasteiger partial charge >= 0.3 is 0 Å². The van der Waals surface area contributed by atoms with E-state index in [9.17, 15) is 4.79 Å². The predicted molar refractivity (Wildman–Crippen MR) is 81.5 cm³/mol. The third-order valence-electron chi connectivity index (χ3n) is 3.49. The number of carbonyl (C=O) groups is 1. The molecule has 0 aromatic carbocycles. The van der Waals surface area contributed by atoms with Crippen LogP contribution in [-0.2, 0) is 9.53 Å². The van der Waals surface area contributed by atoms with E-state index in [1.807, 2.05) is 16.7 Å². The Bertz CT molecular complexity index is 244. The number of amides is 1. The van der Waals surface area contributed by atoms with Crippen molar-refractivity contribution < 1.29 is 9.53 Å². The number of hydrogen-bond donors (Lipinski definition) is 1. The fraction of sp³-hybridized carbons (Fsp3) is 0.929. The highest BCUT2D eigenvalue weighted by atomic mass is 32.2. The Labute approximate surface area is 121 Å². The van der Waals surface area contributed by atoms with Gasteiger partial charge < -0.3 is 15.4 Å². The molecular weight excluding hydrogens is 260 g/mol. The number of unbranched alkanes of at least 4 members (excludes halogenated alkanes) is 1. The van der Waals surface area contributed by atoms with Crippen LogP contribution in [0, 0.1) is 0 Å². The first kappa shape index (κ1) is 16.8. The standard InChI is InChI=1S/C14H28N2O2S/c1-19-12-3-2-5-14(17)16-9-6-13(7-10-16)18-11-4-8-15/h13H,2-12,15H2,1H3. The Balaban J connectivity index is 2.09. The minimum absolute atomic E-state index is 0.321. The van der Waals surface area contributed by atoms with E-state index in [1.165, 1.54) is 0 Å². The molecule has 1 aliphatic rings. The molecule has 0 aromatic rings. The molecule has 0 saturated carbocycles. The van der Waals surface area contributed by atoms with Crippen molar-refractivity contribution >= 4 is 17.7 Å². The molecule has 2 N–H and O–H groups in total. The van der Waals surface area contributed by atoms with Gasteiger partial charge in [0, 0.05) is 26.1 Å². The summed E-state index contributed by atoms with van der Waals surface area (Å²) in [6.07, 6.45) is 8.18. The topological polar surface area (TPSA) is 55.6 Å². The fourth-order valence-corrected chi connectivity index (χ4v) is 2.78. The minimum Gasteiger partial charge on any atom is -0.378 e. The summed E-state index contributed by atoms with van der Waals surface area (Å²) in [7, 11) is 0. The van der Waals surface area contributed by atoms with Gasteiger partial charge in [-0.1, -0.05) is 0 Å². The van der Waals surface area contributed by atoms with Crippen molar-refractivity contribution in [3.8, 4) is 0 Å². The number of nitrogens with two attached hydrogens (primary N) is 1. The summed E-state index contributed by atoms with van der Waals surface area (Å²) in [5, 5.41) is 0. The molecular formula is C14H28N2O2S. The number of hydrogen-bond acceptors (Lipinski definition) is 4. The van der Waals surface area contributed by atoms with E-state index in [1.54, 1.807) is 0 Å². The number of carbonyl (C=O) groups excluding carboxylic acids is 1. The van der Waals surface area contributed by atoms with Crippen molar-refractivity contribution in [2.45, 2.75) is 44.6 Å². The third kappa shape index (κ3) is 7.18. The second kappa shape index (κ2) is 10.5. The first-order valence-electron chi connectivity index (χ1n) is 7.36. The van der Waals surface area contributed by atoms with Gasteiger partial charge in [-0.2, -0.15) is 11.8 Å². The summed E-state index contributed by atoms with van der Waals surface area (Å²) in [5.74, 6) is 1.48. The average molecular weight is 288 g/mol. The highest BCUT2D eigenvalue weighted by Gasteiger charge is 2.22. The lowest BCUT2D eigenvalue weighted by molar-refractivity contribution is -0.133. The predicted octanol–water partition coefficient (Wildman–Crippen LogP) is 1.88. The minimum atomic E-state index is 0.321. The van der Waals surface area contributed by atoms with Crippen LogP contribution in [0.25, 0.3) is 0 Å². The van der Waals surface area contributed by atoms with Gasteiger partial charge in [0.15, 0.2) is 0 Å². The van der Waals surface area contributed by atoms with Crippen LogP contribution in [-0.4, -0.2) is 55.2 Å². The lowest BCUT2D eigenvalue weighted by Gasteiger charge is -2.32. The molecule has 1 heterocycles. The van der Waals surface area contributed by atoms with Gasteiger partial charge in [-0.15, -0.1) is 0 Å². The van der Waals surface area contributed by atoms with Crippen LogP contribution in [0.4, 0.5) is 0 Å². The maximum Gasteiger partial charge on any atom is 0.222 e. The average Bonchev–Trinajstić information content (AvgIpc) is 2.44. The maximum absolute atomic E-state index is 12.0. The van der Waals surface area contributed by atoms with E-state index in [2.05, 4.69) is 6.26 Å². The zero-order valence-corrected chi connectivity index (χ0v) is 12.9. The Hall–Kier alpha value is -0.260. The number of likely N-dealkylation sites (tertiary alicyclic amines) is 1. The van der Waals surface area contributed by atoms with E-state index in [-0.39, 0.29) is 0 Å². The molecule has 19 heavy (non-hydrogen) atoms. The number of piperidine rings is 1. The van der Waals surface area contributed by atoms with Crippen molar-refractivity contribution in [2.75, 3.05) is 38.2 Å². The molecule has 1 aliphatic heterocycles. The maximum atomic E-state index is 12.0. The quantitative estimate of drug-likeness (QED) is 0.658. The lowest BCUT2D eigenvalue weighted by Crippen LogP contribution is -2.40. The van der Waals surface area contributed by atoms with Crippen LogP contribution in [0.5, 0.6) is 0 Å². The monoisotopic (exact) mass is 288 g/mol. The molecule has 0 aromatic heterocycles. The van der Waals surface area contributed by atoms with Gasteiger partial charge in [-0.05, 0) is 50.7 Å². The van der Waals surface area contributed by atoms with Gasteiger partial charge in [0.1, 0.15) is 0 Å². The zero-order chi connectivity index (χ0) is 13.9. The highest BCUT2D eigenvalue weighted by Crippen LogP contribution is 2.15. The largest absolute Gasteiger partial charge is 0.378 e. The first-order chi connectivity index (χ1) is 9.27. The number of thioether (sulfide) groups is 1. The summed E-state index contributed by atoms with van der Waals surface area (Å²) < 4.78 is 5.74. The number of rotatable bonds is 9. The summed E-state index contributed by atoms with van der Waals surface area (Å²) in [6.45, 7) is 3.15. The van der Waals surface area contributed by atoms with Crippen molar-refractivity contribution in [3.63, 3.8) is 0 Å². The molecule has 0 aliphatic carbocycles. The van der Waals surface area contributed by atoms with Gasteiger partial charge in [0.25, 0.3) is 0 Å². The van der Waals surface area contributed by atoms with Crippen LogP contribution in [0.15, 0.2) is 0 Å². The van der Waals surface area contributed by atoms with Crippen LogP contribution in [0.2, 0.25) is 0 Å². The van der Waals surface area contributed by atoms with E-state index < -0.39 is 0 Å².